The van der Waals surface area contributed by atoms with Crippen molar-refractivity contribution in [2.45, 2.75) is 34.2 Å². The molecule has 0 bridgehead atoms. The molecule has 0 spiro atoms. The van der Waals surface area contributed by atoms with Crippen LogP contribution in [0.15, 0.2) is 28.7 Å². The predicted molar refractivity (Wildman–Crippen MR) is 106 cm³/mol. The Kier molecular flexibility index (Phi) is 7.12. The number of carbonyl (C=O) groups is 3. The van der Waals surface area contributed by atoms with E-state index in [0.29, 0.717) is 6.54 Å². The Balaban J connectivity index is 2.15. The molecule has 2 aromatic rings. The van der Waals surface area contributed by atoms with E-state index in [0.717, 1.165) is 11.1 Å². The third kappa shape index (κ3) is 5.07. The predicted octanol–water partition coefficient (Wildman–Crippen LogP) is 3.35. The first kappa shape index (κ1) is 21.4. The van der Waals surface area contributed by atoms with Crippen LogP contribution in [0.5, 0.6) is 0 Å². The Morgan fingerprint density at radius 3 is 2.43 bits per heavy atom. The second-order valence-corrected chi connectivity index (χ2v) is 6.66. The summed E-state index contributed by atoms with van der Waals surface area (Å²) in [5.41, 5.74) is 2.36. The summed E-state index contributed by atoms with van der Waals surface area (Å²) < 4.78 is 10.5. The van der Waals surface area contributed by atoms with Crippen LogP contribution in [0.4, 0.5) is 5.88 Å². The highest BCUT2D eigenvalue weighted by Crippen LogP contribution is 2.28. The fourth-order valence-electron chi connectivity index (χ4n) is 3.00. The van der Waals surface area contributed by atoms with Gasteiger partial charge in [0.25, 0.3) is 0 Å². The number of aryl methyl sites for hydroxylation is 2. The molecule has 28 heavy (non-hydrogen) atoms. The number of ketones is 1. The van der Waals surface area contributed by atoms with Crippen LogP contribution in [0, 0.1) is 13.8 Å². The first-order valence-corrected chi connectivity index (χ1v) is 9.08. The standard InChI is InChI=1S/C21H26N2O5/c1-6-27-21(26)19-18(14(3)24)15(4)28-20(19)22-17(25)12-23(5)11-16-10-8-7-9-13(16)2/h7-10H,6,11-12H2,1-5H3,(H,22,25). The fraction of sp³-hybridized carbons (Fsp3) is 0.381. The van der Waals surface area contributed by atoms with E-state index in [1.54, 1.807) is 13.8 Å². The number of Topliss-reactive ketones (excluding diaryl/α,β-unsaturated/α-hetero) is 1. The van der Waals surface area contributed by atoms with Crippen LogP contribution in [0.25, 0.3) is 0 Å². The number of nitrogens with one attached hydrogen (secondary N) is 1. The lowest BCUT2D eigenvalue weighted by molar-refractivity contribution is -0.117. The Labute approximate surface area is 164 Å². The number of hydrogen-bond donors (Lipinski definition) is 1. The monoisotopic (exact) mass is 386 g/mol. The molecule has 0 unspecified atom stereocenters. The second kappa shape index (κ2) is 9.32. The maximum absolute atomic E-state index is 12.5. The number of likely N-dealkylation sites (N-methyl/N-ethyl adjacent to an activating group) is 1. The van der Waals surface area contributed by atoms with E-state index in [-0.39, 0.29) is 47.6 Å². The molecule has 1 amide bonds. The molecule has 0 aliphatic rings. The molecule has 2 rings (SSSR count). The third-order valence-electron chi connectivity index (χ3n) is 4.28. The molecule has 150 valence electrons. The number of nitrogens with zero attached hydrogens (tertiary/aromatic N) is 1. The fourth-order valence-corrected chi connectivity index (χ4v) is 3.00. The minimum absolute atomic E-state index is 0.0400. The average Bonchev–Trinajstić information content (AvgIpc) is 2.93. The van der Waals surface area contributed by atoms with Gasteiger partial charge in [-0.1, -0.05) is 24.3 Å². The van der Waals surface area contributed by atoms with Crippen molar-refractivity contribution < 1.29 is 23.5 Å². The van der Waals surface area contributed by atoms with Crippen molar-refractivity contribution in [2.24, 2.45) is 0 Å². The smallest absolute Gasteiger partial charge is 0.344 e. The summed E-state index contributed by atoms with van der Waals surface area (Å²) in [4.78, 5) is 38.5. The highest BCUT2D eigenvalue weighted by molar-refractivity contribution is 6.10. The number of benzene rings is 1. The van der Waals surface area contributed by atoms with E-state index >= 15 is 0 Å². The third-order valence-corrected chi connectivity index (χ3v) is 4.28. The Hall–Kier alpha value is -2.93. The van der Waals surface area contributed by atoms with Gasteiger partial charge in [0.05, 0.1) is 18.7 Å². The molecule has 7 heteroatoms. The number of carbonyl (C=O) groups excluding carboxylic acids is 3. The van der Waals surface area contributed by atoms with Crippen LogP contribution in [0.1, 0.15) is 51.5 Å². The number of rotatable bonds is 8. The summed E-state index contributed by atoms with van der Waals surface area (Å²) in [5, 5.41) is 2.60. The molecule has 1 heterocycles. The summed E-state index contributed by atoms with van der Waals surface area (Å²) in [6.45, 7) is 7.42. The van der Waals surface area contributed by atoms with Gasteiger partial charge in [0.1, 0.15) is 11.3 Å². The molecule has 0 radical (unpaired) electrons. The number of esters is 1. The van der Waals surface area contributed by atoms with Gasteiger partial charge in [-0.05, 0) is 45.9 Å². The molecule has 0 fully saturated rings. The summed E-state index contributed by atoms with van der Waals surface area (Å²) in [5.74, 6) is -1.19. The van der Waals surface area contributed by atoms with Gasteiger partial charge in [-0.3, -0.25) is 19.8 Å². The molecule has 0 aliphatic carbocycles. The lowest BCUT2D eigenvalue weighted by atomic mass is 10.1. The van der Waals surface area contributed by atoms with E-state index in [9.17, 15) is 14.4 Å². The Bertz CT molecular complexity index is 885. The quantitative estimate of drug-likeness (QED) is 0.553. The molecular weight excluding hydrogens is 360 g/mol. The maximum Gasteiger partial charge on any atom is 0.344 e. The van der Waals surface area contributed by atoms with Gasteiger partial charge < -0.3 is 9.15 Å². The lowest BCUT2D eigenvalue weighted by Gasteiger charge is -2.17. The van der Waals surface area contributed by atoms with Gasteiger partial charge in [-0.25, -0.2) is 4.79 Å². The molecule has 1 aromatic carbocycles. The van der Waals surface area contributed by atoms with E-state index in [1.165, 1.54) is 6.92 Å². The van der Waals surface area contributed by atoms with Gasteiger partial charge in [0.2, 0.25) is 11.8 Å². The molecule has 1 aromatic heterocycles. The van der Waals surface area contributed by atoms with Gasteiger partial charge in [-0.15, -0.1) is 0 Å². The topological polar surface area (TPSA) is 88.8 Å². The zero-order valence-corrected chi connectivity index (χ0v) is 16.9. The molecule has 1 N–H and O–H groups in total. The SMILES string of the molecule is CCOC(=O)c1c(NC(=O)CN(C)Cc2ccccc2C)oc(C)c1C(C)=O. The number of hydrogen-bond acceptors (Lipinski definition) is 6. The minimum Gasteiger partial charge on any atom is -0.462 e. The summed E-state index contributed by atoms with van der Waals surface area (Å²) >= 11 is 0. The van der Waals surface area contributed by atoms with Crippen LogP contribution in [-0.4, -0.2) is 42.8 Å². The van der Waals surface area contributed by atoms with Crippen LogP contribution in [0.3, 0.4) is 0 Å². The minimum atomic E-state index is -0.701. The first-order valence-electron chi connectivity index (χ1n) is 9.08. The lowest BCUT2D eigenvalue weighted by Crippen LogP contribution is -2.30. The maximum atomic E-state index is 12.5. The van der Waals surface area contributed by atoms with Crippen molar-refractivity contribution in [3.8, 4) is 0 Å². The van der Waals surface area contributed by atoms with E-state index in [1.807, 2.05) is 43.1 Å². The van der Waals surface area contributed by atoms with Crippen LogP contribution < -0.4 is 5.32 Å². The molecule has 0 atom stereocenters. The number of amides is 1. The van der Waals surface area contributed by atoms with Crippen LogP contribution >= 0.6 is 0 Å². The molecule has 0 saturated heterocycles. The van der Waals surface area contributed by atoms with Gasteiger partial charge in [0, 0.05) is 6.54 Å². The summed E-state index contributed by atoms with van der Waals surface area (Å²) in [7, 11) is 1.83. The van der Waals surface area contributed by atoms with Gasteiger partial charge in [0.15, 0.2) is 5.78 Å². The summed E-state index contributed by atoms with van der Waals surface area (Å²) in [6.07, 6.45) is 0. The highest BCUT2D eigenvalue weighted by atomic mass is 16.5. The zero-order chi connectivity index (χ0) is 20.8. The highest BCUT2D eigenvalue weighted by Gasteiger charge is 2.28. The zero-order valence-electron chi connectivity index (χ0n) is 16.9. The second-order valence-electron chi connectivity index (χ2n) is 6.66. The molecule has 0 saturated carbocycles. The normalized spacial score (nSPS) is 10.8. The van der Waals surface area contributed by atoms with Crippen LogP contribution in [-0.2, 0) is 16.1 Å². The number of furan rings is 1. The van der Waals surface area contributed by atoms with Gasteiger partial charge >= 0.3 is 5.97 Å². The summed E-state index contributed by atoms with van der Waals surface area (Å²) in [6, 6.07) is 7.95. The van der Waals surface area contributed by atoms with Crippen molar-refractivity contribution in [1.29, 1.82) is 0 Å². The molecule has 0 aliphatic heterocycles. The Morgan fingerprint density at radius 2 is 1.82 bits per heavy atom. The van der Waals surface area contributed by atoms with Gasteiger partial charge in [-0.2, -0.15) is 0 Å². The molecular formula is C21H26N2O5. The average molecular weight is 386 g/mol. The molecule has 7 nitrogen and oxygen atoms in total. The number of ether oxygens (including phenoxy) is 1. The number of anilines is 1. The van der Waals surface area contributed by atoms with Crippen molar-refractivity contribution in [1.82, 2.24) is 4.90 Å². The first-order chi connectivity index (χ1) is 13.2. The van der Waals surface area contributed by atoms with E-state index < -0.39 is 5.97 Å². The van der Waals surface area contributed by atoms with E-state index in [2.05, 4.69) is 5.32 Å². The van der Waals surface area contributed by atoms with Crippen molar-refractivity contribution in [3.63, 3.8) is 0 Å². The van der Waals surface area contributed by atoms with E-state index in [4.69, 9.17) is 9.15 Å². The van der Waals surface area contributed by atoms with Crippen molar-refractivity contribution in [2.75, 3.05) is 25.5 Å². The Morgan fingerprint density at radius 1 is 1.14 bits per heavy atom. The van der Waals surface area contributed by atoms with Crippen molar-refractivity contribution in [3.05, 3.63) is 52.3 Å². The largest absolute Gasteiger partial charge is 0.462 e. The van der Waals surface area contributed by atoms with Crippen molar-refractivity contribution >= 4 is 23.5 Å². The van der Waals surface area contributed by atoms with Crippen LogP contribution in [0.2, 0.25) is 0 Å².